The molecule has 1 aromatic heterocycles. The highest BCUT2D eigenvalue weighted by Gasteiger charge is 2.06. The summed E-state index contributed by atoms with van der Waals surface area (Å²) in [6.45, 7) is 2.22. The number of hydrogen-bond acceptors (Lipinski definition) is 2. The van der Waals surface area contributed by atoms with Crippen LogP contribution in [-0.2, 0) is 6.42 Å². The normalized spacial score (nSPS) is 10.7. The summed E-state index contributed by atoms with van der Waals surface area (Å²) in [5.41, 5.74) is 0. The molecule has 0 atom stereocenters. The first kappa shape index (κ1) is 11.5. The Hall–Kier alpha value is 0.400. The minimum atomic E-state index is 0.636. The lowest BCUT2D eigenvalue weighted by Crippen LogP contribution is -1.82. The van der Waals surface area contributed by atoms with Crippen molar-refractivity contribution in [3.63, 3.8) is 0 Å². The number of hydrogen-bond donors (Lipinski definition) is 0. The van der Waals surface area contributed by atoms with E-state index in [2.05, 4.69) is 27.8 Å². The third-order valence-electron chi connectivity index (χ3n) is 1.88. The Morgan fingerprint density at radius 3 is 2.69 bits per heavy atom. The van der Waals surface area contributed by atoms with Crippen LogP contribution in [-0.4, -0.2) is 4.98 Å². The average Bonchev–Trinajstić information content (AvgIpc) is 2.39. The largest absolute Gasteiger partial charge is 0.218 e. The Bertz CT molecular complexity index is 262. The smallest absolute Gasteiger partial charge is 0.184 e. The van der Waals surface area contributed by atoms with Gasteiger partial charge in [0, 0.05) is 4.88 Å². The fourth-order valence-electron chi connectivity index (χ4n) is 1.17. The molecule has 0 aromatic carbocycles. The molecule has 0 unspecified atom stereocenters. The van der Waals surface area contributed by atoms with Crippen molar-refractivity contribution < 1.29 is 0 Å². The number of aromatic nitrogens is 1. The molecule has 0 saturated heterocycles. The Balaban J connectivity index is 2.32. The lowest BCUT2D eigenvalue weighted by molar-refractivity contribution is 0.669. The Labute approximate surface area is 96.7 Å². The Kier molecular flexibility index (Phi) is 5.29. The van der Waals surface area contributed by atoms with Gasteiger partial charge in [-0.1, -0.05) is 37.8 Å². The van der Waals surface area contributed by atoms with Gasteiger partial charge in [0.25, 0.3) is 0 Å². The van der Waals surface area contributed by atoms with E-state index >= 15 is 0 Å². The molecule has 0 aliphatic rings. The molecular formula is C9H13BrClNS. The van der Waals surface area contributed by atoms with E-state index in [0.29, 0.717) is 4.47 Å². The van der Waals surface area contributed by atoms with Crippen LogP contribution >= 0.6 is 38.9 Å². The summed E-state index contributed by atoms with van der Waals surface area (Å²) in [4.78, 5) is 5.39. The Morgan fingerprint density at radius 1 is 1.38 bits per heavy atom. The SMILES string of the molecule is CCCCCCc1sc(Cl)nc1Br. The second-order valence-corrected chi connectivity index (χ2v) is 5.41. The first-order valence-electron chi connectivity index (χ1n) is 4.54. The highest BCUT2D eigenvalue weighted by atomic mass is 79.9. The van der Waals surface area contributed by atoms with Crippen molar-refractivity contribution in [2.24, 2.45) is 0 Å². The molecular weight excluding hydrogens is 270 g/mol. The van der Waals surface area contributed by atoms with Crippen LogP contribution in [0.4, 0.5) is 0 Å². The Morgan fingerprint density at radius 2 is 2.15 bits per heavy atom. The van der Waals surface area contributed by atoms with Crippen LogP contribution in [0.25, 0.3) is 0 Å². The summed E-state index contributed by atoms with van der Waals surface area (Å²) >= 11 is 10.8. The zero-order chi connectivity index (χ0) is 9.68. The molecule has 0 bridgehead atoms. The molecule has 74 valence electrons. The molecule has 1 rings (SSSR count). The van der Waals surface area contributed by atoms with Gasteiger partial charge in [-0.15, -0.1) is 11.3 Å². The number of rotatable bonds is 5. The lowest BCUT2D eigenvalue weighted by atomic mass is 10.1. The van der Waals surface area contributed by atoms with E-state index in [4.69, 9.17) is 11.6 Å². The van der Waals surface area contributed by atoms with Gasteiger partial charge in [-0.3, -0.25) is 0 Å². The van der Waals surface area contributed by atoms with Crippen molar-refractivity contribution in [1.82, 2.24) is 4.98 Å². The van der Waals surface area contributed by atoms with E-state index in [-0.39, 0.29) is 0 Å². The van der Waals surface area contributed by atoms with E-state index in [1.807, 2.05) is 0 Å². The third kappa shape index (κ3) is 3.96. The average molecular weight is 283 g/mol. The van der Waals surface area contributed by atoms with Crippen molar-refractivity contribution in [2.75, 3.05) is 0 Å². The van der Waals surface area contributed by atoms with Gasteiger partial charge in [0.2, 0.25) is 0 Å². The predicted octanol–water partition coefficient (Wildman–Crippen LogP) is 4.68. The monoisotopic (exact) mass is 281 g/mol. The molecule has 1 heterocycles. The first-order chi connectivity index (χ1) is 6.24. The summed E-state index contributed by atoms with van der Waals surface area (Å²) in [6.07, 6.45) is 6.25. The highest BCUT2D eigenvalue weighted by Crippen LogP contribution is 2.28. The number of halogens is 2. The molecule has 0 saturated carbocycles. The number of aryl methyl sites for hydroxylation is 1. The minimum Gasteiger partial charge on any atom is -0.218 e. The van der Waals surface area contributed by atoms with Gasteiger partial charge in [-0.05, 0) is 28.8 Å². The van der Waals surface area contributed by atoms with Crippen molar-refractivity contribution in [3.05, 3.63) is 13.9 Å². The first-order valence-corrected chi connectivity index (χ1v) is 6.53. The van der Waals surface area contributed by atoms with E-state index < -0.39 is 0 Å². The topological polar surface area (TPSA) is 12.9 Å². The summed E-state index contributed by atoms with van der Waals surface area (Å²) in [7, 11) is 0. The molecule has 0 fully saturated rings. The number of nitrogens with zero attached hydrogens (tertiary/aromatic N) is 1. The maximum absolute atomic E-state index is 5.78. The zero-order valence-electron chi connectivity index (χ0n) is 7.65. The predicted molar refractivity (Wildman–Crippen MR) is 62.7 cm³/mol. The van der Waals surface area contributed by atoms with Crippen LogP contribution in [0.5, 0.6) is 0 Å². The number of thiazole rings is 1. The second-order valence-electron chi connectivity index (χ2n) is 2.99. The lowest BCUT2D eigenvalue weighted by Gasteiger charge is -1.96. The van der Waals surface area contributed by atoms with Crippen LogP contribution in [0.3, 0.4) is 0 Å². The molecule has 0 spiro atoms. The molecule has 0 aliphatic carbocycles. The molecule has 4 heteroatoms. The summed E-state index contributed by atoms with van der Waals surface area (Å²) in [6, 6.07) is 0. The summed E-state index contributed by atoms with van der Waals surface area (Å²) in [5, 5.41) is 0. The molecule has 13 heavy (non-hydrogen) atoms. The van der Waals surface area contributed by atoms with E-state index in [0.717, 1.165) is 11.0 Å². The maximum atomic E-state index is 5.78. The van der Waals surface area contributed by atoms with Gasteiger partial charge in [-0.2, -0.15) is 0 Å². The van der Waals surface area contributed by atoms with Gasteiger partial charge in [0.15, 0.2) is 4.47 Å². The van der Waals surface area contributed by atoms with Crippen LogP contribution < -0.4 is 0 Å². The van der Waals surface area contributed by atoms with Crippen LogP contribution in [0.2, 0.25) is 4.47 Å². The molecule has 1 nitrogen and oxygen atoms in total. The van der Waals surface area contributed by atoms with E-state index in [1.54, 1.807) is 11.3 Å². The van der Waals surface area contributed by atoms with E-state index in [9.17, 15) is 0 Å². The van der Waals surface area contributed by atoms with Crippen LogP contribution in [0.15, 0.2) is 4.60 Å². The van der Waals surface area contributed by atoms with Crippen molar-refractivity contribution in [3.8, 4) is 0 Å². The second kappa shape index (κ2) is 5.99. The summed E-state index contributed by atoms with van der Waals surface area (Å²) < 4.78 is 1.57. The standard InChI is InChI=1S/C9H13BrClNS/c1-2-3-4-5-6-7-8(10)12-9(11)13-7/h2-6H2,1H3. The minimum absolute atomic E-state index is 0.636. The van der Waals surface area contributed by atoms with Gasteiger partial charge in [0.1, 0.15) is 4.60 Å². The van der Waals surface area contributed by atoms with Gasteiger partial charge >= 0.3 is 0 Å². The fraction of sp³-hybridized carbons (Fsp3) is 0.667. The van der Waals surface area contributed by atoms with Gasteiger partial charge in [0.05, 0.1) is 0 Å². The molecule has 0 aliphatic heterocycles. The third-order valence-corrected chi connectivity index (χ3v) is 4.02. The fourth-order valence-corrected chi connectivity index (χ4v) is 3.09. The van der Waals surface area contributed by atoms with Crippen LogP contribution in [0.1, 0.15) is 37.5 Å². The van der Waals surface area contributed by atoms with Crippen molar-refractivity contribution >= 4 is 38.9 Å². The van der Waals surface area contributed by atoms with Gasteiger partial charge in [-0.25, -0.2) is 4.98 Å². The summed E-state index contributed by atoms with van der Waals surface area (Å²) in [5.74, 6) is 0. The zero-order valence-corrected chi connectivity index (χ0v) is 10.8. The van der Waals surface area contributed by atoms with Crippen molar-refractivity contribution in [2.45, 2.75) is 39.0 Å². The quantitative estimate of drug-likeness (QED) is 0.715. The highest BCUT2D eigenvalue weighted by molar-refractivity contribution is 9.10. The molecule has 0 N–H and O–H groups in total. The van der Waals surface area contributed by atoms with E-state index in [1.165, 1.54) is 30.6 Å². The van der Waals surface area contributed by atoms with Gasteiger partial charge < -0.3 is 0 Å². The molecule has 1 aromatic rings. The maximum Gasteiger partial charge on any atom is 0.184 e. The number of unbranched alkanes of at least 4 members (excludes halogenated alkanes) is 3. The molecule has 0 amide bonds. The van der Waals surface area contributed by atoms with Crippen LogP contribution in [0, 0.1) is 0 Å². The van der Waals surface area contributed by atoms with Crippen molar-refractivity contribution in [1.29, 1.82) is 0 Å². The molecule has 0 radical (unpaired) electrons.